The molecule has 0 aliphatic carbocycles. The van der Waals surface area contributed by atoms with Gasteiger partial charge in [-0.1, -0.05) is 27.5 Å². The standard InChI is InChI=1S/C13H5BrClF3N4O6/c14-5-1-8(15)12(9(2-5)21(25)26)19-11-7(13(16,17)18)3-6(20(23)24)4-10(11)22(27)28/h1-4,19H. The van der Waals surface area contributed by atoms with Crippen LogP contribution in [0, 0.1) is 30.3 Å². The second kappa shape index (κ2) is 7.55. The predicted octanol–water partition coefficient (Wildman–Crippen LogP) is 5.59. The largest absolute Gasteiger partial charge is 0.418 e. The smallest absolute Gasteiger partial charge is 0.343 e. The van der Waals surface area contributed by atoms with Crippen LogP contribution in [0.5, 0.6) is 0 Å². The van der Waals surface area contributed by atoms with Crippen LogP contribution in [-0.2, 0) is 6.18 Å². The first kappa shape index (κ1) is 21.3. The van der Waals surface area contributed by atoms with Gasteiger partial charge in [-0.3, -0.25) is 30.3 Å². The SMILES string of the molecule is O=[N+]([O-])c1cc([N+](=O)[O-])c(Nc2c(Cl)cc(Br)cc2[N+](=O)[O-])c(C(F)(F)F)c1. The van der Waals surface area contributed by atoms with Gasteiger partial charge < -0.3 is 5.32 Å². The van der Waals surface area contributed by atoms with Crippen LogP contribution in [0.2, 0.25) is 5.02 Å². The summed E-state index contributed by atoms with van der Waals surface area (Å²) in [6.45, 7) is 0. The van der Waals surface area contributed by atoms with Crippen molar-refractivity contribution in [1.82, 2.24) is 0 Å². The van der Waals surface area contributed by atoms with E-state index in [-0.39, 0.29) is 10.5 Å². The predicted molar refractivity (Wildman–Crippen MR) is 93.8 cm³/mol. The average molecular weight is 486 g/mol. The highest BCUT2D eigenvalue weighted by atomic mass is 79.9. The Labute approximate surface area is 165 Å². The van der Waals surface area contributed by atoms with Gasteiger partial charge in [-0.05, 0) is 6.07 Å². The van der Waals surface area contributed by atoms with Crippen LogP contribution in [0.25, 0.3) is 0 Å². The molecule has 1 N–H and O–H groups in total. The summed E-state index contributed by atoms with van der Waals surface area (Å²) in [6.07, 6.45) is -5.25. The lowest BCUT2D eigenvalue weighted by atomic mass is 10.1. The van der Waals surface area contributed by atoms with Gasteiger partial charge in [0.1, 0.15) is 11.4 Å². The second-order valence-corrected chi connectivity index (χ2v) is 6.39. The molecule has 0 radical (unpaired) electrons. The number of anilines is 2. The quantitative estimate of drug-likeness (QED) is 0.430. The van der Waals surface area contributed by atoms with Gasteiger partial charge in [0.15, 0.2) is 0 Å². The van der Waals surface area contributed by atoms with E-state index < -0.39 is 60.0 Å². The first-order valence-electron chi connectivity index (χ1n) is 6.77. The summed E-state index contributed by atoms with van der Waals surface area (Å²) in [5, 5.41) is 34.8. The minimum Gasteiger partial charge on any atom is -0.343 e. The summed E-state index contributed by atoms with van der Waals surface area (Å²) in [7, 11) is 0. The van der Waals surface area contributed by atoms with Crippen LogP contribution in [0.1, 0.15) is 5.56 Å². The maximum absolute atomic E-state index is 13.4. The third-order valence-electron chi connectivity index (χ3n) is 3.30. The molecule has 28 heavy (non-hydrogen) atoms. The van der Waals surface area contributed by atoms with Crippen LogP contribution in [-0.4, -0.2) is 14.8 Å². The molecular formula is C13H5BrClF3N4O6. The number of nitrogens with zero attached hydrogens (tertiary/aromatic N) is 3. The van der Waals surface area contributed by atoms with Gasteiger partial charge in [0.2, 0.25) is 0 Å². The molecule has 0 aliphatic rings. The molecule has 15 heteroatoms. The highest BCUT2D eigenvalue weighted by Crippen LogP contribution is 2.46. The van der Waals surface area contributed by atoms with E-state index in [2.05, 4.69) is 15.9 Å². The second-order valence-electron chi connectivity index (χ2n) is 5.06. The molecule has 2 aromatic rings. The van der Waals surface area contributed by atoms with E-state index in [0.717, 1.165) is 12.1 Å². The van der Waals surface area contributed by atoms with Crippen LogP contribution >= 0.6 is 27.5 Å². The number of benzene rings is 2. The Morgan fingerprint density at radius 3 is 1.89 bits per heavy atom. The third-order valence-corrected chi connectivity index (χ3v) is 4.05. The Kier molecular flexibility index (Phi) is 5.75. The van der Waals surface area contributed by atoms with Crippen molar-refractivity contribution in [1.29, 1.82) is 0 Å². The summed E-state index contributed by atoms with van der Waals surface area (Å²) in [4.78, 5) is 29.8. The van der Waals surface area contributed by atoms with Gasteiger partial charge in [0, 0.05) is 16.6 Å². The molecule has 0 aliphatic heterocycles. The summed E-state index contributed by atoms with van der Waals surface area (Å²) in [6, 6.07) is 2.41. The van der Waals surface area contributed by atoms with E-state index in [1.165, 1.54) is 0 Å². The lowest BCUT2D eigenvalue weighted by Crippen LogP contribution is -2.12. The monoisotopic (exact) mass is 484 g/mol. The van der Waals surface area contributed by atoms with E-state index in [1.807, 2.05) is 5.32 Å². The number of halogens is 5. The van der Waals surface area contributed by atoms with E-state index in [4.69, 9.17) is 11.6 Å². The maximum atomic E-state index is 13.4. The van der Waals surface area contributed by atoms with Crippen LogP contribution in [0.3, 0.4) is 0 Å². The number of nitrogens with one attached hydrogen (secondary N) is 1. The molecule has 2 aromatic carbocycles. The number of non-ortho nitro benzene ring substituents is 1. The molecular weight excluding hydrogens is 481 g/mol. The van der Waals surface area contributed by atoms with Crippen molar-refractivity contribution in [3.8, 4) is 0 Å². The van der Waals surface area contributed by atoms with Gasteiger partial charge in [-0.2, -0.15) is 13.2 Å². The average Bonchev–Trinajstić information content (AvgIpc) is 2.55. The fraction of sp³-hybridized carbons (Fsp3) is 0.0769. The highest BCUT2D eigenvalue weighted by molar-refractivity contribution is 9.10. The minimum absolute atomic E-state index is 0.0773. The number of hydrogen-bond acceptors (Lipinski definition) is 7. The minimum atomic E-state index is -5.25. The number of rotatable bonds is 5. The van der Waals surface area contributed by atoms with Crippen LogP contribution in [0.4, 0.5) is 41.6 Å². The van der Waals surface area contributed by atoms with Crippen LogP contribution < -0.4 is 5.32 Å². The third kappa shape index (κ3) is 4.28. The van der Waals surface area contributed by atoms with E-state index in [1.54, 1.807) is 0 Å². The van der Waals surface area contributed by atoms with E-state index >= 15 is 0 Å². The molecule has 148 valence electrons. The first-order valence-corrected chi connectivity index (χ1v) is 7.94. The van der Waals surface area contributed by atoms with E-state index in [0.29, 0.717) is 6.07 Å². The Bertz CT molecular complexity index is 1020. The molecule has 0 unspecified atom stereocenters. The zero-order valence-corrected chi connectivity index (χ0v) is 15.3. The Morgan fingerprint density at radius 1 is 0.893 bits per heavy atom. The Morgan fingerprint density at radius 2 is 1.43 bits per heavy atom. The van der Waals surface area contributed by atoms with Crippen molar-refractivity contribution >= 4 is 56.0 Å². The summed E-state index contributed by atoms with van der Waals surface area (Å²) < 4.78 is 40.3. The Balaban J connectivity index is 2.85. The summed E-state index contributed by atoms with van der Waals surface area (Å²) in [5.74, 6) is 0. The molecule has 2 rings (SSSR count). The molecule has 0 aromatic heterocycles. The lowest BCUT2D eigenvalue weighted by Gasteiger charge is -2.15. The van der Waals surface area contributed by atoms with E-state index in [9.17, 15) is 43.5 Å². The molecule has 0 saturated heterocycles. The van der Waals surface area contributed by atoms with Crippen molar-refractivity contribution in [3.05, 3.63) is 69.7 Å². The summed E-state index contributed by atoms with van der Waals surface area (Å²) in [5.41, 5.74) is -6.91. The fourth-order valence-electron chi connectivity index (χ4n) is 2.17. The highest BCUT2D eigenvalue weighted by Gasteiger charge is 2.40. The van der Waals surface area contributed by atoms with Gasteiger partial charge in [0.05, 0.1) is 31.4 Å². The van der Waals surface area contributed by atoms with Crippen molar-refractivity contribution in [2.75, 3.05) is 5.32 Å². The van der Waals surface area contributed by atoms with Gasteiger partial charge in [-0.25, -0.2) is 0 Å². The number of hydrogen-bond donors (Lipinski definition) is 1. The van der Waals surface area contributed by atoms with Crippen molar-refractivity contribution in [3.63, 3.8) is 0 Å². The molecule has 0 spiro atoms. The zero-order chi connectivity index (χ0) is 21.4. The van der Waals surface area contributed by atoms with Crippen molar-refractivity contribution in [2.24, 2.45) is 0 Å². The van der Waals surface area contributed by atoms with Gasteiger partial charge >= 0.3 is 6.18 Å². The summed E-state index contributed by atoms with van der Waals surface area (Å²) >= 11 is 8.78. The maximum Gasteiger partial charge on any atom is 0.418 e. The first-order chi connectivity index (χ1) is 12.8. The molecule has 0 heterocycles. The zero-order valence-electron chi connectivity index (χ0n) is 13.0. The lowest BCUT2D eigenvalue weighted by molar-refractivity contribution is -0.394. The number of alkyl halides is 3. The van der Waals surface area contributed by atoms with Crippen molar-refractivity contribution in [2.45, 2.75) is 6.18 Å². The van der Waals surface area contributed by atoms with Crippen molar-refractivity contribution < 1.29 is 27.9 Å². The molecule has 0 atom stereocenters. The van der Waals surface area contributed by atoms with Crippen LogP contribution in [0.15, 0.2) is 28.7 Å². The Hall–Kier alpha value is -3.00. The fourth-order valence-corrected chi connectivity index (χ4v) is 3.01. The van der Waals surface area contributed by atoms with Gasteiger partial charge in [0.25, 0.3) is 17.1 Å². The molecule has 0 saturated carbocycles. The normalized spacial score (nSPS) is 11.2. The topological polar surface area (TPSA) is 141 Å². The molecule has 0 fully saturated rings. The molecule has 10 nitrogen and oxygen atoms in total. The van der Waals surface area contributed by atoms with Gasteiger partial charge in [-0.15, -0.1) is 0 Å². The molecule has 0 amide bonds. The number of nitro groups is 3. The molecule has 0 bridgehead atoms. The number of nitro benzene ring substituents is 3.